The fourth-order valence-corrected chi connectivity index (χ4v) is 2.66. The maximum atomic E-state index is 10.3. The van der Waals surface area contributed by atoms with Gasteiger partial charge in [-0.15, -0.1) is 0 Å². The van der Waals surface area contributed by atoms with Crippen LogP contribution in [0.15, 0.2) is 47.1 Å². The Morgan fingerprint density at radius 2 is 2.00 bits per heavy atom. The van der Waals surface area contributed by atoms with Gasteiger partial charge < -0.3 is 19.0 Å². The van der Waals surface area contributed by atoms with Crippen LogP contribution in [0.25, 0.3) is 0 Å². The van der Waals surface area contributed by atoms with Crippen LogP contribution in [-0.4, -0.2) is 49.5 Å². The number of methoxy groups -OCH3 is 1. The molecule has 1 aromatic carbocycles. The number of rotatable bonds is 12. The van der Waals surface area contributed by atoms with E-state index in [-0.39, 0.29) is 6.61 Å². The van der Waals surface area contributed by atoms with Crippen molar-refractivity contribution in [3.8, 4) is 0 Å². The molecule has 5 heteroatoms. The molecule has 0 amide bonds. The van der Waals surface area contributed by atoms with Crippen molar-refractivity contribution in [2.75, 3.05) is 33.4 Å². The van der Waals surface area contributed by atoms with Crippen molar-refractivity contribution in [2.24, 2.45) is 0 Å². The number of aliphatic hydroxyl groups excluding tert-OH is 1. The van der Waals surface area contributed by atoms with E-state index in [2.05, 4.69) is 36.1 Å². The summed E-state index contributed by atoms with van der Waals surface area (Å²) in [5.41, 5.74) is 2.49. The topological polar surface area (TPSA) is 55.1 Å². The molecule has 1 atom stereocenters. The van der Waals surface area contributed by atoms with Crippen LogP contribution in [0.3, 0.4) is 0 Å². The molecule has 0 aliphatic heterocycles. The zero-order chi connectivity index (χ0) is 17.9. The molecular weight excluding hydrogens is 318 g/mol. The Kier molecular flexibility index (Phi) is 8.69. The van der Waals surface area contributed by atoms with Gasteiger partial charge >= 0.3 is 0 Å². The third-order valence-corrected chi connectivity index (χ3v) is 3.95. The van der Waals surface area contributed by atoms with E-state index in [9.17, 15) is 5.11 Å². The van der Waals surface area contributed by atoms with Gasteiger partial charge in [0.25, 0.3) is 0 Å². The summed E-state index contributed by atoms with van der Waals surface area (Å²) in [5.74, 6) is 0.767. The highest BCUT2D eigenvalue weighted by atomic mass is 16.5. The van der Waals surface area contributed by atoms with Gasteiger partial charge in [0.05, 0.1) is 19.0 Å². The first-order chi connectivity index (χ1) is 12.2. The molecule has 0 aliphatic carbocycles. The molecule has 25 heavy (non-hydrogen) atoms. The van der Waals surface area contributed by atoms with E-state index in [4.69, 9.17) is 13.9 Å². The van der Waals surface area contributed by atoms with Gasteiger partial charge in [-0.3, -0.25) is 4.90 Å². The van der Waals surface area contributed by atoms with Crippen LogP contribution in [0, 0.1) is 6.92 Å². The fraction of sp³-hybridized carbons (Fsp3) is 0.500. The van der Waals surface area contributed by atoms with Crippen molar-refractivity contribution in [2.45, 2.75) is 32.6 Å². The van der Waals surface area contributed by atoms with Crippen molar-refractivity contribution < 1.29 is 19.0 Å². The molecule has 5 nitrogen and oxygen atoms in total. The Hall–Kier alpha value is -1.66. The van der Waals surface area contributed by atoms with Crippen molar-refractivity contribution in [3.05, 3.63) is 59.5 Å². The van der Waals surface area contributed by atoms with Crippen molar-refractivity contribution in [1.29, 1.82) is 0 Å². The smallest absolute Gasteiger partial charge is 0.129 e. The minimum Gasteiger partial charge on any atom is -0.467 e. The summed E-state index contributed by atoms with van der Waals surface area (Å²) < 4.78 is 15.9. The summed E-state index contributed by atoms with van der Waals surface area (Å²) in [6.45, 7) is 5.71. The van der Waals surface area contributed by atoms with Gasteiger partial charge in [0.2, 0.25) is 0 Å². The first kappa shape index (κ1) is 19.7. The third-order valence-electron chi connectivity index (χ3n) is 3.95. The number of nitrogens with zero attached hydrogens (tertiary/aromatic N) is 1. The summed E-state index contributed by atoms with van der Waals surface area (Å²) in [5, 5.41) is 10.3. The van der Waals surface area contributed by atoms with Crippen LogP contribution >= 0.6 is 0 Å². The van der Waals surface area contributed by atoms with E-state index < -0.39 is 6.10 Å². The zero-order valence-electron chi connectivity index (χ0n) is 15.2. The minimum absolute atomic E-state index is 0.287. The molecule has 0 fully saturated rings. The molecule has 1 N–H and O–H groups in total. The van der Waals surface area contributed by atoms with Crippen molar-refractivity contribution >= 4 is 0 Å². The van der Waals surface area contributed by atoms with Crippen LogP contribution in [0.1, 0.15) is 23.3 Å². The molecule has 0 saturated carbocycles. The van der Waals surface area contributed by atoms with Crippen LogP contribution in [0.2, 0.25) is 0 Å². The molecule has 1 unspecified atom stereocenters. The van der Waals surface area contributed by atoms with Crippen LogP contribution in [0.5, 0.6) is 0 Å². The number of hydrogen-bond acceptors (Lipinski definition) is 5. The Balaban J connectivity index is 1.79. The lowest BCUT2D eigenvalue weighted by Gasteiger charge is -2.25. The maximum absolute atomic E-state index is 10.3. The van der Waals surface area contributed by atoms with E-state index in [0.717, 1.165) is 31.9 Å². The molecule has 2 aromatic rings. The summed E-state index contributed by atoms with van der Waals surface area (Å²) >= 11 is 0. The summed E-state index contributed by atoms with van der Waals surface area (Å²) in [6.07, 6.45) is 2.01. The van der Waals surface area contributed by atoms with Gasteiger partial charge in [-0.25, -0.2) is 0 Å². The molecule has 0 spiro atoms. The van der Waals surface area contributed by atoms with E-state index in [1.807, 2.05) is 12.1 Å². The number of furan rings is 1. The molecule has 138 valence electrons. The van der Waals surface area contributed by atoms with E-state index in [0.29, 0.717) is 13.2 Å². The molecule has 0 saturated heterocycles. The maximum Gasteiger partial charge on any atom is 0.129 e. The van der Waals surface area contributed by atoms with Gasteiger partial charge in [-0.2, -0.15) is 0 Å². The second-order valence-electron chi connectivity index (χ2n) is 6.32. The average Bonchev–Trinajstić information content (AvgIpc) is 3.10. The first-order valence-electron chi connectivity index (χ1n) is 8.72. The number of hydrogen-bond donors (Lipinski definition) is 1. The van der Waals surface area contributed by atoms with Gasteiger partial charge in [0, 0.05) is 33.4 Å². The first-order valence-corrected chi connectivity index (χ1v) is 8.72. The zero-order valence-corrected chi connectivity index (χ0v) is 15.2. The highest BCUT2D eigenvalue weighted by molar-refractivity contribution is 5.21. The van der Waals surface area contributed by atoms with E-state index in [1.54, 1.807) is 13.4 Å². The number of benzene rings is 1. The molecule has 2 rings (SSSR count). The van der Waals surface area contributed by atoms with Crippen LogP contribution < -0.4 is 0 Å². The molecule has 0 radical (unpaired) electrons. The van der Waals surface area contributed by atoms with Gasteiger partial charge in [-0.1, -0.05) is 29.8 Å². The SMILES string of the molecule is COCCCN(Cc1ccc(C)cc1)CC(O)COCc1ccco1. The van der Waals surface area contributed by atoms with E-state index >= 15 is 0 Å². The van der Waals surface area contributed by atoms with E-state index in [1.165, 1.54) is 11.1 Å². The largest absolute Gasteiger partial charge is 0.467 e. The molecular formula is C20H29NO4. The van der Waals surface area contributed by atoms with Crippen molar-refractivity contribution in [3.63, 3.8) is 0 Å². The van der Waals surface area contributed by atoms with Gasteiger partial charge in [0.15, 0.2) is 0 Å². The second kappa shape index (κ2) is 11.1. The van der Waals surface area contributed by atoms with Crippen LogP contribution in [-0.2, 0) is 22.6 Å². The predicted molar refractivity (Wildman–Crippen MR) is 97.3 cm³/mol. The average molecular weight is 347 g/mol. The summed E-state index contributed by atoms with van der Waals surface area (Å²) in [4.78, 5) is 2.24. The Labute approximate surface area is 150 Å². The third kappa shape index (κ3) is 7.84. The molecule has 1 aromatic heterocycles. The number of ether oxygens (including phenoxy) is 2. The van der Waals surface area contributed by atoms with Crippen LogP contribution in [0.4, 0.5) is 0 Å². The Bertz CT molecular complexity index is 568. The minimum atomic E-state index is -0.539. The lowest BCUT2D eigenvalue weighted by Crippen LogP contribution is -2.35. The molecule has 0 bridgehead atoms. The quantitative estimate of drug-likeness (QED) is 0.598. The summed E-state index contributed by atoms with van der Waals surface area (Å²) in [6, 6.07) is 12.2. The molecule has 1 heterocycles. The number of aliphatic hydroxyl groups is 1. The van der Waals surface area contributed by atoms with Gasteiger partial charge in [-0.05, 0) is 31.0 Å². The monoisotopic (exact) mass is 347 g/mol. The van der Waals surface area contributed by atoms with Crippen molar-refractivity contribution in [1.82, 2.24) is 4.90 Å². The summed E-state index contributed by atoms with van der Waals surface area (Å²) in [7, 11) is 1.71. The lowest BCUT2D eigenvalue weighted by atomic mass is 10.1. The Morgan fingerprint density at radius 1 is 1.20 bits per heavy atom. The standard InChI is InChI=1S/C20H29NO4/c1-17-6-8-18(9-7-17)13-21(10-4-11-23-2)14-19(22)15-24-16-20-5-3-12-25-20/h3,5-9,12,19,22H,4,10-11,13-16H2,1-2H3. The lowest BCUT2D eigenvalue weighted by molar-refractivity contribution is 0.00281. The predicted octanol–water partition coefficient (Wildman–Crippen LogP) is 3.00. The second-order valence-corrected chi connectivity index (χ2v) is 6.32. The number of aryl methyl sites for hydroxylation is 1. The normalized spacial score (nSPS) is 12.6. The highest BCUT2D eigenvalue weighted by Gasteiger charge is 2.13. The molecule has 0 aliphatic rings. The highest BCUT2D eigenvalue weighted by Crippen LogP contribution is 2.09. The fourth-order valence-electron chi connectivity index (χ4n) is 2.66. The Morgan fingerprint density at radius 3 is 2.68 bits per heavy atom. The van der Waals surface area contributed by atoms with Gasteiger partial charge in [0.1, 0.15) is 12.4 Å².